The summed E-state index contributed by atoms with van der Waals surface area (Å²) in [7, 11) is 19.4. The zero-order valence-corrected chi connectivity index (χ0v) is 51.3. The number of nitrogens with zero attached hydrogens (tertiary/aromatic N) is 8. The molecule has 0 saturated carbocycles. The molecule has 0 spiro atoms. The van der Waals surface area contributed by atoms with Gasteiger partial charge in [-0.15, -0.1) is 0 Å². The van der Waals surface area contributed by atoms with Gasteiger partial charge in [-0.2, -0.15) is 0 Å². The summed E-state index contributed by atoms with van der Waals surface area (Å²) in [5.41, 5.74) is 14.2. The molecule has 0 saturated heterocycles. The molecule has 0 atom stereocenters. The predicted octanol–water partition coefficient (Wildman–Crippen LogP) is 16.3. The molecular formula is C61H65Cl4N8O4Ru2-. The van der Waals surface area contributed by atoms with Crippen LogP contribution in [0.2, 0.25) is 0 Å². The van der Waals surface area contributed by atoms with Gasteiger partial charge in [-0.1, -0.05) is 67.9 Å². The molecule has 8 heterocycles. The third kappa shape index (κ3) is 30.1. The molecule has 0 unspecified atom stereocenters. The van der Waals surface area contributed by atoms with Crippen molar-refractivity contribution in [1.29, 1.82) is 0 Å². The van der Waals surface area contributed by atoms with Crippen molar-refractivity contribution in [2.45, 2.75) is 79.1 Å². The van der Waals surface area contributed by atoms with Crippen LogP contribution < -0.4 is 0 Å². The van der Waals surface area contributed by atoms with Gasteiger partial charge in [-0.3, -0.25) is 49.5 Å². The van der Waals surface area contributed by atoms with E-state index < -0.39 is 11.9 Å². The Bertz CT molecular complexity index is 2800. The molecule has 2 N–H and O–H groups in total. The van der Waals surface area contributed by atoms with E-state index in [2.05, 4.69) is 84.9 Å². The topological polar surface area (TPSA) is 178 Å². The summed E-state index contributed by atoms with van der Waals surface area (Å²) in [6.45, 7) is 10.6. The maximum atomic E-state index is 10.5. The van der Waals surface area contributed by atoms with Crippen molar-refractivity contribution in [1.82, 2.24) is 39.9 Å². The van der Waals surface area contributed by atoms with E-state index >= 15 is 0 Å². The molecule has 1 aromatic carbocycles. The average molecular weight is 1320 g/mol. The summed E-state index contributed by atoms with van der Waals surface area (Å²) >= 11 is -0.691. The number of carbonyl (C=O) groups is 2. The van der Waals surface area contributed by atoms with Gasteiger partial charge in [0.15, 0.2) is 0 Å². The SMILES string of the molecule is Cc1ccc(C(C)C)cc1.Cc1ccnc(-c2cc(CCCC(=O)O)ccn2)c1.Cc1ccnc(-c2cc(CCCC(=O)O)ccn2)c1.[CH3-].[Cl][Ru][Cl].[Cl][Ru][Cl].c1ccc(-c2ccccn2)nc1.c1ccc(-c2ccccn2)nc1. The van der Waals surface area contributed by atoms with E-state index in [0.717, 1.165) is 80.6 Å². The van der Waals surface area contributed by atoms with Gasteiger partial charge in [0, 0.05) is 62.4 Å². The maximum Gasteiger partial charge on any atom is 0.0886 e. The molecule has 12 nitrogen and oxygen atoms in total. The van der Waals surface area contributed by atoms with Crippen LogP contribution in [-0.4, -0.2) is 62.0 Å². The van der Waals surface area contributed by atoms with Gasteiger partial charge in [-0.25, -0.2) is 0 Å². The molecule has 418 valence electrons. The van der Waals surface area contributed by atoms with Crippen molar-refractivity contribution in [2.24, 2.45) is 0 Å². The first kappa shape index (κ1) is 68.9. The molecule has 0 amide bonds. The van der Waals surface area contributed by atoms with Crippen molar-refractivity contribution in [3.05, 3.63) is 236 Å². The standard InChI is InChI=1S/2C15H16N2O2.2C10H8N2.C10H14.CH3.4ClH.2Ru/c2*1-11-5-7-16-13(9-11)14-10-12(6-8-17-14)3-2-4-15(18)19;2*1-3-7-11-9(5-1)10-6-2-4-8-12-10;1-8(2)10-6-4-9(3)5-7-10;;;;;;;/h2*5-10H,2-4H2,1H3,(H,18,19);2*1-8H;4-8H,1-3H3;1H3;4*1H;;/q;;;;;-1;;;;;2*+2/p-4. The quantitative estimate of drug-likeness (QED) is 0.0826. The van der Waals surface area contributed by atoms with Crippen LogP contribution in [0.3, 0.4) is 0 Å². The zero-order chi connectivity index (χ0) is 56.8. The number of aliphatic carboxylic acids is 2. The minimum atomic E-state index is -0.755. The van der Waals surface area contributed by atoms with E-state index in [1.165, 1.54) is 11.1 Å². The summed E-state index contributed by atoms with van der Waals surface area (Å²) in [6.07, 6.45) is 17.3. The molecule has 0 radical (unpaired) electrons. The van der Waals surface area contributed by atoms with Crippen LogP contribution in [0, 0.1) is 28.2 Å². The maximum absolute atomic E-state index is 10.5. The van der Waals surface area contributed by atoms with Crippen LogP contribution in [-0.2, 0) is 52.7 Å². The molecule has 0 bridgehead atoms. The second-order valence-electron chi connectivity index (χ2n) is 17.1. The fourth-order valence-corrected chi connectivity index (χ4v) is 6.79. The number of aromatic nitrogens is 8. The summed E-state index contributed by atoms with van der Waals surface area (Å²) in [6, 6.07) is 47.6. The van der Waals surface area contributed by atoms with Crippen LogP contribution in [0.4, 0.5) is 0 Å². The second kappa shape index (κ2) is 41.8. The minimum absolute atomic E-state index is 0. The van der Waals surface area contributed by atoms with Crippen LogP contribution in [0.1, 0.15) is 78.8 Å². The van der Waals surface area contributed by atoms with Crippen molar-refractivity contribution in [3.63, 3.8) is 0 Å². The first-order valence-corrected chi connectivity index (χ1v) is 33.3. The Morgan fingerprint density at radius 2 is 0.696 bits per heavy atom. The number of hydrogen-bond donors (Lipinski definition) is 2. The summed E-state index contributed by atoms with van der Waals surface area (Å²) in [4.78, 5) is 55.0. The molecule has 9 rings (SSSR count). The number of pyridine rings is 8. The van der Waals surface area contributed by atoms with Crippen LogP contribution in [0.5, 0.6) is 0 Å². The van der Waals surface area contributed by atoms with Gasteiger partial charge < -0.3 is 17.6 Å². The largest absolute Gasteiger partial charge is 0.255 e. The Morgan fingerprint density at radius 1 is 0.405 bits per heavy atom. The van der Waals surface area contributed by atoms with Gasteiger partial charge in [0.2, 0.25) is 0 Å². The molecule has 0 aliphatic heterocycles. The Hall–Kier alpha value is -6.23. The summed E-state index contributed by atoms with van der Waals surface area (Å²) in [5, 5.41) is 17.3. The normalized spacial score (nSPS) is 9.80. The second-order valence-corrected chi connectivity index (χ2v) is 22.3. The van der Waals surface area contributed by atoms with E-state index in [0.29, 0.717) is 18.8 Å². The van der Waals surface area contributed by atoms with Gasteiger partial charge >= 0.3 is 81.0 Å². The van der Waals surface area contributed by atoms with Crippen LogP contribution >= 0.6 is 38.8 Å². The molecule has 79 heavy (non-hydrogen) atoms. The Morgan fingerprint density at radius 3 is 0.962 bits per heavy atom. The molecule has 0 fully saturated rings. The first-order chi connectivity index (χ1) is 37.8. The first-order valence-electron chi connectivity index (χ1n) is 24.4. The number of rotatable bonds is 13. The zero-order valence-electron chi connectivity index (χ0n) is 44.8. The van der Waals surface area contributed by atoms with E-state index in [-0.39, 0.29) is 50.6 Å². The Kier molecular flexibility index (Phi) is 36.4. The monoisotopic (exact) mass is 1320 g/mol. The number of aryl methyl sites for hydroxylation is 5. The summed E-state index contributed by atoms with van der Waals surface area (Å²) in [5.74, 6) is -0.857. The Labute approximate surface area is 497 Å². The van der Waals surface area contributed by atoms with Crippen LogP contribution in [0.15, 0.2) is 195 Å². The molecule has 9 aromatic rings. The number of hydrogen-bond acceptors (Lipinski definition) is 10. The van der Waals surface area contributed by atoms with Crippen molar-refractivity contribution < 1.29 is 50.1 Å². The van der Waals surface area contributed by atoms with E-state index in [1.54, 1.807) is 49.6 Å². The van der Waals surface area contributed by atoms with Gasteiger partial charge in [0.05, 0.1) is 45.6 Å². The van der Waals surface area contributed by atoms with Gasteiger partial charge in [0.1, 0.15) is 0 Å². The van der Waals surface area contributed by atoms with Gasteiger partial charge in [0.25, 0.3) is 0 Å². The number of halogens is 4. The van der Waals surface area contributed by atoms with Gasteiger partial charge in [-0.05, 0) is 177 Å². The predicted molar refractivity (Wildman–Crippen MR) is 316 cm³/mol. The van der Waals surface area contributed by atoms with Crippen molar-refractivity contribution in [2.75, 3.05) is 0 Å². The molecule has 8 aromatic heterocycles. The van der Waals surface area contributed by atoms with Crippen LogP contribution in [0.25, 0.3) is 45.6 Å². The molecular weight excluding hydrogens is 1250 g/mol. The fourth-order valence-electron chi connectivity index (χ4n) is 6.79. The fraction of sp³-hybridized carbons (Fsp3) is 0.197. The van der Waals surface area contributed by atoms with E-state index in [9.17, 15) is 9.59 Å². The third-order valence-electron chi connectivity index (χ3n) is 10.6. The number of benzene rings is 1. The number of carboxylic acids is 2. The van der Waals surface area contributed by atoms with E-state index in [1.807, 2.05) is 135 Å². The van der Waals surface area contributed by atoms with Crippen molar-refractivity contribution >= 4 is 50.7 Å². The smallest absolute Gasteiger partial charge is 0.0886 e. The minimum Gasteiger partial charge on any atom is -0.255 e. The molecule has 0 aliphatic carbocycles. The average Bonchev–Trinajstić information content (AvgIpc) is 3.46. The summed E-state index contributed by atoms with van der Waals surface area (Å²) < 4.78 is 0. The Balaban J connectivity index is 0.000000334. The third-order valence-corrected chi connectivity index (χ3v) is 10.6. The number of carboxylic acid groups (broad SMARTS) is 2. The van der Waals surface area contributed by atoms with E-state index in [4.69, 9.17) is 49.0 Å². The molecule has 0 aliphatic rings. The molecule has 18 heteroatoms. The van der Waals surface area contributed by atoms with Crippen molar-refractivity contribution in [3.8, 4) is 45.6 Å².